The highest BCUT2D eigenvalue weighted by Gasteiger charge is 2.18. The van der Waals surface area contributed by atoms with E-state index in [1.165, 1.54) is 32.4 Å². The number of hydrogen-bond acceptors (Lipinski definition) is 5. The second kappa shape index (κ2) is 8.63. The molecule has 1 aromatic rings. The third kappa shape index (κ3) is 5.22. The molecule has 0 unspecified atom stereocenters. The Hall–Kier alpha value is -1.76. The molecular weight excluding hydrogens is 306 g/mol. The second-order valence-corrected chi connectivity index (χ2v) is 6.90. The highest BCUT2D eigenvalue weighted by atomic mass is 32.2. The van der Waals surface area contributed by atoms with Crippen LogP contribution in [0.5, 0.6) is 11.5 Å². The number of methoxy groups -OCH3 is 2. The average Bonchev–Trinajstić information content (AvgIpc) is 2.52. The van der Waals surface area contributed by atoms with Gasteiger partial charge in [-0.25, -0.2) is 8.42 Å². The lowest BCUT2D eigenvalue weighted by Gasteiger charge is -2.10. The van der Waals surface area contributed by atoms with E-state index in [2.05, 4.69) is 5.32 Å². The van der Waals surface area contributed by atoms with Crippen LogP contribution in [0.3, 0.4) is 0 Å². The number of carbonyl (C=O) groups is 1. The first-order valence-corrected chi connectivity index (χ1v) is 8.81. The van der Waals surface area contributed by atoms with E-state index in [4.69, 9.17) is 9.47 Å². The van der Waals surface area contributed by atoms with Crippen molar-refractivity contribution < 1.29 is 22.7 Å². The molecule has 7 heteroatoms. The molecule has 22 heavy (non-hydrogen) atoms. The van der Waals surface area contributed by atoms with Gasteiger partial charge in [-0.2, -0.15) is 0 Å². The summed E-state index contributed by atoms with van der Waals surface area (Å²) in [7, 11) is -0.621. The van der Waals surface area contributed by atoms with Crippen molar-refractivity contribution >= 4 is 15.7 Å². The molecule has 6 nitrogen and oxygen atoms in total. The Bertz CT molecular complexity index is 598. The number of hydrogen-bond donors (Lipinski definition) is 1. The van der Waals surface area contributed by atoms with Crippen molar-refractivity contribution in [2.45, 2.75) is 31.1 Å². The number of nitrogens with one attached hydrogen (secondary N) is 1. The summed E-state index contributed by atoms with van der Waals surface area (Å²) in [5.41, 5.74) is 0. The van der Waals surface area contributed by atoms with Gasteiger partial charge >= 0.3 is 0 Å². The molecule has 0 aromatic heterocycles. The average molecular weight is 329 g/mol. The van der Waals surface area contributed by atoms with Crippen LogP contribution < -0.4 is 14.8 Å². The molecule has 0 aliphatic heterocycles. The Kier molecular flexibility index (Phi) is 7.17. The fourth-order valence-corrected chi connectivity index (χ4v) is 3.10. The zero-order valence-corrected chi connectivity index (χ0v) is 14.0. The molecule has 0 aliphatic rings. The van der Waals surface area contributed by atoms with Gasteiger partial charge in [0.05, 0.1) is 24.9 Å². The molecule has 1 aromatic carbocycles. The Morgan fingerprint density at radius 1 is 1.18 bits per heavy atom. The first kappa shape index (κ1) is 18.3. The fraction of sp³-hybridized carbons (Fsp3) is 0.533. The number of amides is 1. The number of carbonyl (C=O) groups excluding carboxylic acids is 1. The number of rotatable bonds is 9. The molecule has 0 saturated carbocycles. The maximum Gasteiger partial charge on any atom is 0.221 e. The molecule has 0 atom stereocenters. The second-order valence-electron chi connectivity index (χ2n) is 4.79. The Morgan fingerprint density at radius 2 is 1.86 bits per heavy atom. The fourth-order valence-electron chi connectivity index (χ4n) is 1.85. The third-order valence-electron chi connectivity index (χ3n) is 3.16. The van der Waals surface area contributed by atoms with Crippen LogP contribution in [0.2, 0.25) is 0 Å². The van der Waals surface area contributed by atoms with Crippen LogP contribution in [-0.4, -0.2) is 40.8 Å². The monoisotopic (exact) mass is 329 g/mol. The molecule has 0 heterocycles. The minimum absolute atomic E-state index is 0.0552. The van der Waals surface area contributed by atoms with Gasteiger partial charge in [0, 0.05) is 19.0 Å². The van der Waals surface area contributed by atoms with Crippen LogP contribution in [0, 0.1) is 0 Å². The maximum atomic E-state index is 12.3. The van der Waals surface area contributed by atoms with Crippen LogP contribution in [0.25, 0.3) is 0 Å². The lowest BCUT2D eigenvalue weighted by Crippen LogP contribution is -2.26. The van der Waals surface area contributed by atoms with E-state index in [-0.39, 0.29) is 23.0 Å². The van der Waals surface area contributed by atoms with E-state index < -0.39 is 9.84 Å². The van der Waals surface area contributed by atoms with Crippen molar-refractivity contribution in [3.63, 3.8) is 0 Å². The molecule has 1 amide bonds. The van der Waals surface area contributed by atoms with Crippen molar-refractivity contribution in [1.82, 2.24) is 5.32 Å². The van der Waals surface area contributed by atoms with Gasteiger partial charge in [-0.3, -0.25) is 4.79 Å². The minimum Gasteiger partial charge on any atom is -0.493 e. The van der Waals surface area contributed by atoms with E-state index in [1.807, 2.05) is 6.92 Å². The topological polar surface area (TPSA) is 81.7 Å². The van der Waals surface area contributed by atoms with E-state index in [1.54, 1.807) is 0 Å². The summed E-state index contributed by atoms with van der Waals surface area (Å²) in [6, 6.07) is 4.39. The SMILES string of the molecule is CCCCNC(=O)CCS(=O)(=O)c1ccc(OC)c(OC)c1. The van der Waals surface area contributed by atoms with Crippen molar-refractivity contribution in [1.29, 1.82) is 0 Å². The molecule has 0 spiro atoms. The molecule has 0 fully saturated rings. The summed E-state index contributed by atoms with van der Waals surface area (Å²) in [6.07, 6.45) is 1.80. The standard InChI is InChI=1S/C15H23NO5S/c1-4-5-9-16-15(17)8-10-22(18,19)12-6-7-13(20-2)14(11-12)21-3/h6-7,11H,4-5,8-10H2,1-3H3,(H,16,17). The quantitative estimate of drug-likeness (QED) is 0.699. The summed E-state index contributed by atoms with van der Waals surface area (Å²) in [4.78, 5) is 11.7. The lowest BCUT2D eigenvalue weighted by atomic mass is 10.3. The van der Waals surface area contributed by atoms with E-state index >= 15 is 0 Å². The molecule has 1 rings (SSSR count). The van der Waals surface area contributed by atoms with Crippen molar-refractivity contribution in [2.75, 3.05) is 26.5 Å². The van der Waals surface area contributed by atoms with Crippen molar-refractivity contribution in [3.05, 3.63) is 18.2 Å². The van der Waals surface area contributed by atoms with Crippen LogP contribution in [0.15, 0.2) is 23.1 Å². The first-order valence-electron chi connectivity index (χ1n) is 7.16. The number of ether oxygens (including phenoxy) is 2. The molecule has 0 radical (unpaired) electrons. The van der Waals surface area contributed by atoms with Gasteiger partial charge in [-0.1, -0.05) is 13.3 Å². The highest BCUT2D eigenvalue weighted by Crippen LogP contribution is 2.29. The van der Waals surface area contributed by atoms with Crippen molar-refractivity contribution in [2.24, 2.45) is 0 Å². The van der Waals surface area contributed by atoms with E-state index in [0.717, 1.165) is 12.8 Å². The number of sulfone groups is 1. The summed E-state index contributed by atoms with van der Waals surface area (Å²) in [6.45, 7) is 2.60. The number of unbranched alkanes of at least 4 members (excludes halogenated alkanes) is 1. The summed E-state index contributed by atoms with van der Waals surface area (Å²) in [5.74, 6) is 0.313. The predicted octanol–water partition coefficient (Wildman–Crippen LogP) is 1.78. The smallest absolute Gasteiger partial charge is 0.221 e. The zero-order valence-electron chi connectivity index (χ0n) is 13.2. The van der Waals surface area contributed by atoms with Gasteiger partial charge in [0.15, 0.2) is 21.3 Å². The van der Waals surface area contributed by atoms with Gasteiger partial charge in [0.2, 0.25) is 5.91 Å². The molecule has 0 aliphatic carbocycles. The number of benzene rings is 1. The van der Waals surface area contributed by atoms with Crippen LogP contribution in [-0.2, 0) is 14.6 Å². The molecule has 0 saturated heterocycles. The summed E-state index contributed by atoms with van der Waals surface area (Å²) >= 11 is 0. The van der Waals surface area contributed by atoms with Gasteiger partial charge in [-0.05, 0) is 18.6 Å². The largest absolute Gasteiger partial charge is 0.493 e. The molecule has 0 bridgehead atoms. The molecule has 124 valence electrons. The summed E-state index contributed by atoms with van der Waals surface area (Å²) < 4.78 is 34.7. The highest BCUT2D eigenvalue weighted by molar-refractivity contribution is 7.91. The first-order chi connectivity index (χ1) is 10.4. The normalized spacial score (nSPS) is 11.0. The van der Waals surface area contributed by atoms with Crippen LogP contribution in [0.4, 0.5) is 0 Å². The van der Waals surface area contributed by atoms with E-state index in [0.29, 0.717) is 18.0 Å². The Labute approximate surface area is 131 Å². The van der Waals surface area contributed by atoms with Crippen LogP contribution in [0.1, 0.15) is 26.2 Å². The third-order valence-corrected chi connectivity index (χ3v) is 4.88. The Morgan fingerprint density at radius 3 is 2.45 bits per heavy atom. The van der Waals surface area contributed by atoms with Gasteiger partial charge in [0.25, 0.3) is 0 Å². The van der Waals surface area contributed by atoms with Crippen molar-refractivity contribution in [3.8, 4) is 11.5 Å². The lowest BCUT2D eigenvalue weighted by molar-refractivity contribution is -0.120. The zero-order chi connectivity index (χ0) is 16.6. The molecular formula is C15H23NO5S. The summed E-state index contributed by atoms with van der Waals surface area (Å²) in [5, 5.41) is 2.70. The van der Waals surface area contributed by atoms with Gasteiger partial charge in [-0.15, -0.1) is 0 Å². The van der Waals surface area contributed by atoms with E-state index in [9.17, 15) is 13.2 Å². The Balaban J connectivity index is 2.72. The van der Waals surface area contributed by atoms with Crippen LogP contribution >= 0.6 is 0 Å². The maximum absolute atomic E-state index is 12.3. The minimum atomic E-state index is -3.54. The van der Waals surface area contributed by atoms with Gasteiger partial charge in [0.1, 0.15) is 0 Å². The predicted molar refractivity (Wildman–Crippen MR) is 84.1 cm³/mol. The van der Waals surface area contributed by atoms with Gasteiger partial charge < -0.3 is 14.8 Å². The molecule has 1 N–H and O–H groups in total.